The van der Waals surface area contributed by atoms with Crippen LogP contribution in [0.5, 0.6) is 0 Å². The molecule has 1 aromatic heterocycles. The Bertz CT molecular complexity index is 737. The van der Waals surface area contributed by atoms with Crippen LogP contribution in [0.4, 0.5) is 5.69 Å². The fraction of sp³-hybridized carbons (Fsp3) is 0.550. The van der Waals surface area contributed by atoms with Crippen molar-refractivity contribution in [3.8, 4) is 11.4 Å². The summed E-state index contributed by atoms with van der Waals surface area (Å²) in [5.41, 5.74) is 2.24. The fourth-order valence-electron chi connectivity index (χ4n) is 2.90. The molecular weight excluding hydrogens is 358 g/mol. The third kappa shape index (κ3) is 5.25. The Labute approximate surface area is 166 Å². The monoisotopic (exact) mass is 389 g/mol. The Kier molecular flexibility index (Phi) is 7.71. The molecule has 0 aliphatic carbocycles. The van der Waals surface area contributed by atoms with Crippen LogP contribution in [0.3, 0.4) is 0 Å². The number of nitrogens with zero attached hydrogens (tertiary/aromatic N) is 4. The number of carbonyl (C=O) groups excluding carboxylic acids is 1. The maximum Gasteiger partial charge on any atom is 0.233 e. The summed E-state index contributed by atoms with van der Waals surface area (Å²) in [6, 6.07) is 8.57. The Morgan fingerprint density at radius 1 is 1.11 bits per heavy atom. The van der Waals surface area contributed by atoms with Crippen LogP contribution in [0, 0.1) is 0 Å². The van der Waals surface area contributed by atoms with Gasteiger partial charge in [0.25, 0.3) is 0 Å². The Hall–Kier alpha value is -2.02. The molecule has 0 saturated carbocycles. The summed E-state index contributed by atoms with van der Waals surface area (Å²) in [5, 5.41) is 12.2. The van der Waals surface area contributed by atoms with Gasteiger partial charge in [0.15, 0.2) is 11.0 Å². The molecule has 0 fully saturated rings. The van der Waals surface area contributed by atoms with Gasteiger partial charge in [0, 0.05) is 36.9 Å². The van der Waals surface area contributed by atoms with Crippen molar-refractivity contribution in [2.75, 3.05) is 18.0 Å². The predicted octanol–water partition coefficient (Wildman–Crippen LogP) is 3.82. The van der Waals surface area contributed by atoms with Crippen molar-refractivity contribution in [3.63, 3.8) is 0 Å². The van der Waals surface area contributed by atoms with Gasteiger partial charge in [-0.05, 0) is 65.8 Å². The zero-order valence-electron chi connectivity index (χ0n) is 17.2. The minimum absolute atomic E-state index is 0.0192. The lowest BCUT2D eigenvalue weighted by Gasteiger charge is -2.21. The van der Waals surface area contributed by atoms with Gasteiger partial charge in [0.05, 0.1) is 5.25 Å². The van der Waals surface area contributed by atoms with Crippen molar-refractivity contribution in [2.24, 2.45) is 0 Å². The second kappa shape index (κ2) is 9.78. The minimum Gasteiger partial charge on any atom is -0.372 e. The molecule has 2 rings (SSSR count). The van der Waals surface area contributed by atoms with E-state index in [4.69, 9.17) is 0 Å². The van der Waals surface area contributed by atoms with Crippen molar-refractivity contribution in [1.29, 1.82) is 0 Å². The van der Waals surface area contributed by atoms with Crippen LogP contribution in [0.2, 0.25) is 0 Å². The number of aromatic nitrogens is 3. The van der Waals surface area contributed by atoms with E-state index in [2.05, 4.69) is 70.0 Å². The van der Waals surface area contributed by atoms with E-state index >= 15 is 0 Å². The van der Waals surface area contributed by atoms with Crippen molar-refractivity contribution in [2.45, 2.75) is 64.5 Å². The second-order valence-electron chi connectivity index (χ2n) is 6.69. The largest absolute Gasteiger partial charge is 0.372 e. The Morgan fingerprint density at radius 3 is 2.26 bits per heavy atom. The third-order valence-corrected chi connectivity index (χ3v) is 5.45. The molecule has 148 valence electrons. The minimum atomic E-state index is -0.222. The summed E-state index contributed by atoms with van der Waals surface area (Å²) < 4.78 is 2.07. The number of nitrogens with one attached hydrogen (secondary N) is 1. The van der Waals surface area contributed by atoms with Crippen LogP contribution in [-0.2, 0) is 11.3 Å². The van der Waals surface area contributed by atoms with Crippen LogP contribution in [0.25, 0.3) is 11.4 Å². The summed E-state index contributed by atoms with van der Waals surface area (Å²) in [6.45, 7) is 14.9. The average molecular weight is 390 g/mol. The highest BCUT2D eigenvalue weighted by molar-refractivity contribution is 8.00. The molecule has 6 nitrogen and oxygen atoms in total. The number of thioether (sulfide) groups is 1. The van der Waals surface area contributed by atoms with Gasteiger partial charge >= 0.3 is 0 Å². The zero-order valence-corrected chi connectivity index (χ0v) is 18.0. The number of carbonyl (C=O) groups is 1. The summed E-state index contributed by atoms with van der Waals surface area (Å²) in [5.74, 6) is 0.855. The molecule has 7 heteroatoms. The van der Waals surface area contributed by atoms with E-state index in [1.54, 1.807) is 0 Å². The molecule has 1 amide bonds. The molecule has 0 saturated heterocycles. The molecule has 27 heavy (non-hydrogen) atoms. The van der Waals surface area contributed by atoms with Gasteiger partial charge in [-0.2, -0.15) is 0 Å². The van der Waals surface area contributed by atoms with Gasteiger partial charge in [-0.25, -0.2) is 0 Å². The third-order valence-electron chi connectivity index (χ3n) is 4.37. The maximum atomic E-state index is 12.2. The highest BCUT2D eigenvalue weighted by atomic mass is 32.2. The van der Waals surface area contributed by atoms with E-state index < -0.39 is 0 Å². The lowest BCUT2D eigenvalue weighted by atomic mass is 10.2. The number of rotatable bonds is 9. The predicted molar refractivity (Wildman–Crippen MR) is 113 cm³/mol. The smallest absolute Gasteiger partial charge is 0.233 e. The van der Waals surface area contributed by atoms with Crippen molar-refractivity contribution in [3.05, 3.63) is 24.3 Å². The number of benzene rings is 1. The van der Waals surface area contributed by atoms with Crippen LogP contribution in [0.1, 0.15) is 41.5 Å². The Balaban J connectivity index is 2.21. The van der Waals surface area contributed by atoms with Crippen molar-refractivity contribution in [1.82, 2.24) is 20.1 Å². The molecule has 1 aromatic carbocycles. The number of hydrogen-bond acceptors (Lipinski definition) is 5. The molecule has 0 spiro atoms. The van der Waals surface area contributed by atoms with Crippen molar-refractivity contribution >= 4 is 23.4 Å². The summed E-state index contributed by atoms with van der Waals surface area (Å²) in [4.78, 5) is 14.5. The van der Waals surface area contributed by atoms with Crippen LogP contribution >= 0.6 is 11.8 Å². The molecule has 0 aliphatic rings. The van der Waals surface area contributed by atoms with Gasteiger partial charge < -0.3 is 14.8 Å². The highest BCUT2D eigenvalue weighted by Crippen LogP contribution is 2.28. The lowest BCUT2D eigenvalue weighted by Crippen LogP contribution is -2.36. The van der Waals surface area contributed by atoms with E-state index in [1.807, 2.05) is 20.8 Å². The van der Waals surface area contributed by atoms with Gasteiger partial charge in [-0.15, -0.1) is 10.2 Å². The topological polar surface area (TPSA) is 63.1 Å². The number of anilines is 1. The molecule has 0 bridgehead atoms. The molecule has 1 unspecified atom stereocenters. The van der Waals surface area contributed by atoms with Gasteiger partial charge in [-0.3, -0.25) is 4.79 Å². The molecule has 1 heterocycles. The summed E-state index contributed by atoms with van der Waals surface area (Å²) in [6.07, 6.45) is 0. The van der Waals surface area contributed by atoms with E-state index in [-0.39, 0.29) is 17.2 Å². The van der Waals surface area contributed by atoms with E-state index in [9.17, 15) is 4.79 Å². The average Bonchev–Trinajstić information content (AvgIpc) is 3.05. The Morgan fingerprint density at radius 2 is 1.74 bits per heavy atom. The van der Waals surface area contributed by atoms with Gasteiger partial charge in [0.1, 0.15) is 0 Å². The van der Waals surface area contributed by atoms with Crippen LogP contribution in [-0.4, -0.2) is 45.1 Å². The quantitative estimate of drug-likeness (QED) is 0.661. The molecule has 1 N–H and O–H groups in total. The van der Waals surface area contributed by atoms with Crippen LogP contribution in [0.15, 0.2) is 29.4 Å². The first kappa shape index (κ1) is 21.3. The fourth-order valence-corrected chi connectivity index (χ4v) is 3.82. The normalized spacial score (nSPS) is 12.3. The molecule has 2 aromatic rings. The van der Waals surface area contributed by atoms with Crippen molar-refractivity contribution < 1.29 is 4.79 Å². The van der Waals surface area contributed by atoms with Gasteiger partial charge in [0.2, 0.25) is 5.91 Å². The summed E-state index contributed by atoms with van der Waals surface area (Å²) >= 11 is 1.44. The first-order valence-corrected chi connectivity index (χ1v) is 10.5. The van der Waals surface area contributed by atoms with Crippen LogP contribution < -0.4 is 10.2 Å². The standard InChI is InChI=1S/C20H31N5OS/c1-7-24(8-2)17-12-10-16(11-13-17)18-22-23-20(25(18)9-3)27-15(6)19(26)21-14(4)5/h10-15H,7-9H2,1-6H3,(H,21,26). The second-order valence-corrected chi connectivity index (χ2v) is 8.00. The summed E-state index contributed by atoms with van der Waals surface area (Å²) in [7, 11) is 0. The first-order valence-electron chi connectivity index (χ1n) is 9.66. The maximum absolute atomic E-state index is 12.2. The number of hydrogen-bond donors (Lipinski definition) is 1. The molecule has 0 radical (unpaired) electrons. The van der Waals surface area contributed by atoms with E-state index in [0.717, 1.165) is 36.2 Å². The molecular formula is C20H31N5OS. The SMILES string of the molecule is CCN(CC)c1ccc(-c2nnc(SC(C)C(=O)NC(C)C)n2CC)cc1. The highest BCUT2D eigenvalue weighted by Gasteiger charge is 2.20. The zero-order chi connectivity index (χ0) is 20.0. The van der Waals surface area contributed by atoms with Gasteiger partial charge in [-0.1, -0.05) is 11.8 Å². The van der Waals surface area contributed by atoms with E-state index in [0.29, 0.717) is 0 Å². The molecule has 1 atom stereocenters. The van der Waals surface area contributed by atoms with E-state index in [1.165, 1.54) is 17.4 Å². The lowest BCUT2D eigenvalue weighted by molar-refractivity contribution is -0.120. The molecule has 0 aliphatic heterocycles. The first-order chi connectivity index (χ1) is 12.9. The number of amides is 1.